The maximum absolute atomic E-state index is 12.1. The Morgan fingerprint density at radius 2 is 1.86 bits per heavy atom. The van der Waals surface area contributed by atoms with Crippen molar-refractivity contribution in [3.8, 4) is 0 Å². The van der Waals surface area contributed by atoms with Crippen LogP contribution in [-0.4, -0.2) is 40.0 Å². The van der Waals surface area contributed by atoms with Crippen LogP contribution in [0.5, 0.6) is 0 Å². The van der Waals surface area contributed by atoms with Gasteiger partial charge in [0.15, 0.2) is 0 Å². The lowest BCUT2D eigenvalue weighted by Crippen LogP contribution is -2.32. The van der Waals surface area contributed by atoms with Crippen molar-refractivity contribution >= 4 is 11.9 Å². The number of nitrogens with zero attached hydrogens (tertiary/aromatic N) is 2. The van der Waals surface area contributed by atoms with Gasteiger partial charge < -0.3 is 14.6 Å². The first-order valence-electron chi connectivity index (χ1n) is 6.74. The van der Waals surface area contributed by atoms with Crippen LogP contribution in [0.1, 0.15) is 16.1 Å². The molecule has 2 rings (SSSR count). The summed E-state index contributed by atoms with van der Waals surface area (Å²) in [5.41, 5.74) is 1.30. The molecule has 0 unspecified atom stereocenters. The predicted octanol–water partition coefficient (Wildman–Crippen LogP) is 1.89. The Bertz CT molecular complexity index is 619. The molecule has 5 nitrogen and oxygen atoms in total. The smallest absolute Gasteiger partial charge is 0.352 e. The molecule has 1 heterocycles. The van der Waals surface area contributed by atoms with Crippen LogP contribution >= 0.6 is 0 Å². The molecule has 0 saturated heterocycles. The van der Waals surface area contributed by atoms with Crippen molar-refractivity contribution in [3.05, 3.63) is 59.9 Å². The molecule has 0 bridgehead atoms. The average Bonchev–Trinajstić information content (AvgIpc) is 2.94. The molecule has 1 aromatic heterocycles. The van der Waals surface area contributed by atoms with Crippen LogP contribution in [0.25, 0.3) is 0 Å². The quantitative estimate of drug-likeness (QED) is 0.882. The summed E-state index contributed by atoms with van der Waals surface area (Å²) in [5.74, 6) is -1.13. The molecule has 5 heteroatoms. The molecule has 1 N–H and O–H groups in total. The number of aromatic nitrogens is 1. The highest BCUT2D eigenvalue weighted by Crippen LogP contribution is 2.05. The molecular formula is C16H18N2O3. The number of aromatic carboxylic acids is 1. The second kappa shape index (κ2) is 6.74. The van der Waals surface area contributed by atoms with Gasteiger partial charge in [0.1, 0.15) is 12.2 Å². The molecule has 2 aromatic rings. The zero-order valence-electron chi connectivity index (χ0n) is 11.9. The first-order chi connectivity index (χ1) is 10.1. The third-order valence-corrected chi connectivity index (χ3v) is 3.36. The highest BCUT2D eigenvalue weighted by Gasteiger charge is 2.14. The van der Waals surface area contributed by atoms with Gasteiger partial charge in [0.05, 0.1) is 0 Å². The number of carbonyl (C=O) groups is 2. The summed E-state index contributed by atoms with van der Waals surface area (Å²) < 4.78 is 1.45. The van der Waals surface area contributed by atoms with E-state index in [1.165, 1.54) is 16.2 Å². The van der Waals surface area contributed by atoms with Gasteiger partial charge >= 0.3 is 5.97 Å². The Morgan fingerprint density at radius 1 is 1.14 bits per heavy atom. The van der Waals surface area contributed by atoms with Crippen molar-refractivity contribution in [1.82, 2.24) is 9.47 Å². The summed E-state index contributed by atoms with van der Waals surface area (Å²) >= 11 is 0. The Hall–Kier alpha value is -2.56. The first-order valence-corrected chi connectivity index (χ1v) is 6.74. The summed E-state index contributed by atoms with van der Waals surface area (Å²) in [6.45, 7) is 0.645. The number of carboxylic acid groups (broad SMARTS) is 1. The van der Waals surface area contributed by atoms with Gasteiger partial charge in [-0.15, -0.1) is 0 Å². The molecule has 0 spiro atoms. The highest BCUT2D eigenvalue weighted by molar-refractivity contribution is 5.86. The average molecular weight is 286 g/mol. The molecule has 0 aliphatic rings. The number of likely N-dealkylation sites (N-methyl/N-ethyl adjacent to an activating group) is 1. The van der Waals surface area contributed by atoms with E-state index < -0.39 is 5.97 Å². The topological polar surface area (TPSA) is 62.5 Å². The fraction of sp³-hybridized carbons (Fsp3) is 0.250. The van der Waals surface area contributed by atoms with Crippen molar-refractivity contribution < 1.29 is 14.7 Å². The van der Waals surface area contributed by atoms with Gasteiger partial charge in [0.2, 0.25) is 5.91 Å². The van der Waals surface area contributed by atoms with Crippen molar-refractivity contribution in [3.63, 3.8) is 0 Å². The number of carboxylic acids is 1. The lowest BCUT2D eigenvalue weighted by Gasteiger charge is -2.18. The highest BCUT2D eigenvalue weighted by atomic mass is 16.4. The van der Waals surface area contributed by atoms with Gasteiger partial charge in [-0.25, -0.2) is 4.79 Å². The standard InChI is InChI=1S/C16H18N2O3/c1-17(11-9-13-6-3-2-4-7-13)15(19)12-18-10-5-8-14(18)16(20)21/h2-8,10H,9,11-12H2,1H3,(H,20,21). The van der Waals surface area contributed by atoms with E-state index in [-0.39, 0.29) is 18.1 Å². The van der Waals surface area contributed by atoms with E-state index in [1.54, 1.807) is 24.2 Å². The fourth-order valence-electron chi connectivity index (χ4n) is 2.08. The molecule has 1 aromatic carbocycles. The number of carbonyl (C=O) groups excluding carboxylic acids is 1. The van der Waals surface area contributed by atoms with Crippen molar-refractivity contribution in [2.75, 3.05) is 13.6 Å². The number of benzene rings is 1. The zero-order chi connectivity index (χ0) is 15.2. The lowest BCUT2D eigenvalue weighted by atomic mass is 10.1. The number of hydrogen-bond acceptors (Lipinski definition) is 2. The van der Waals surface area contributed by atoms with Crippen LogP contribution in [0.15, 0.2) is 48.7 Å². The van der Waals surface area contributed by atoms with Gasteiger partial charge in [0.25, 0.3) is 0 Å². The molecule has 0 aliphatic carbocycles. The normalized spacial score (nSPS) is 10.3. The maximum atomic E-state index is 12.1. The van der Waals surface area contributed by atoms with E-state index >= 15 is 0 Å². The van der Waals surface area contributed by atoms with E-state index in [4.69, 9.17) is 5.11 Å². The van der Waals surface area contributed by atoms with E-state index in [1.807, 2.05) is 30.3 Å². The minimum atomic E-state index is -1.03. The van der Waals surface area contributed by atoms with E-state index in [0.29, 0.717) is 6.54 Å². The Kier molecular flexibility index (Phi) is 4.77. The summed E-state index contributed by atoms with van der Waals surface area (Å²) in [4.78, 5) is 24.7. The Labute approximate surface area is 123 Å². The largest absolute Gasteiger partial charge is 0.477 e. The number of amides is 1. The van der Waals surface area contributed by atoms with Crippen molar-refractivity contribution in [1.29, 1.82) is 0 Å². The molecule has 0 aliphatic heterocycles. The fourth-order valence-corrected chi connectivity index (χ4v) is 2.08. The maximum Gasteiger partial charge on any atom is 0.352 e. The SMILES string of the molecule is CN(CCc1ccccc1)C(=O)Cn1cccc1C(=O)O. The molecule has 0 saturated carbocycles. The van der Waals surface area contributed by atoms with Gasteiger partial charge in [-0.2, -0.15) is 0 Å². The van der Waals surface area contributed by atoms with Gasteiger partial charge in [-0.3, -0.25) is 4.79 Å². The molecule has 1 amide bonds. The van der Waals surface area contributed by atoms with E-state index in [2.05, 4.69) is 0 Å². The van der Waals surface area contributed by atoms with Crippen LogP contribution in [-0.2, 0) is 17.8 Å². The van der Waals surface area contributed by atoms with E-state index in [0.717, 1.165) is 6.42 Å². The van der Waals surface area contributed by atoms with Crippen LogP contribution < -0.4 is 0 Å². The minimum Gasteiger partial charge on any atom is -0.477 e. The summed E-state index contributed by atoms with van der Waals surface area (Å²) in [6.07, 6.45) is 2.38. The summed E-state index contributed by atoms with van der Waals surface area (Å²) in [5, 5.41) is 9.01. The number of rotatable bonds is 6. The van der Waals surface area contributed by atoms with Crippen LogP contribution in [0, 0.1) is 0 Å². The molecule has 0 radical (unpaired) electrons. The third kappa shape index (κ3) is 3.95. The van der Waals surface area contributed by atoms with E-state index in [9.17, 15) is 9.59 Å². The predicted molar refractivity (Wildman–Crippen MR) is 79.2 cm³/mol. The first kappa shape index (κ1) is 14.8. The third-order valence-electron chi connectivity index (χ3n) is 3.36. The number of hydrogen-bond donors (Lipinski definition) is 1. The molecule has 0 fully saturated rings. The lowest BCUT2D eigenvalue weighted by molar-refractivity contribution is -0.130. The molecule has 110 valence electrons. The molecule has 0 atom stereocenters. The van der Waals surface area contributed by atoms with Crippen LogP contribution in [0.2, 0.25) is 0 Å². The second-order valence-corrected chi connectivity index (χ2v) is 4.88. The monoisotopic (exact) mass is 286 g/mol. The zero-order valence-corrected chi connectivity index (χ0v) is 11.9. The second-order valence-electron chi connectivity index (χ2n) is 4.88. The Morgan fingerprint density at radius 3 is 2.52 bits per heavy atom. The Balaban J connectivity index is 1.90. The molecule has 21 heavy (non-hydrogen) atoms. The van der Waals surface area contributed by atoms with Crippen LogP contribution in [0.3, 0.4) is 0 Å². The van der Waals surface area contributed by atoms with Crippen LogP contribution in [0.4, 0.5) is 0 Å². The van der Waals surface area contributed by atoms with Gasteiger partial charge in [0, 0.05) is 19.8 Å². The van der Waals surface area contributed by atoms with Gasteiger partial charge in [-0.05, 0) is 24.1 Å². The minimum absolute atomic E-state index is 0.0416. The van der Waals surface area contributed by atoms with Crippen molar-refractivity contribution in [2.24, 2.45) is 0 Å². The summed E-state index contributed by atoms with van der Waals surface area (Å²) in [7, 11) is 1.73. The summed E-state index contributed by atoms with van der Waals surface area (Å²) in [6, 6.07) is 13.0. The van der Waals surface area contributed by atoms with Gasteiger partial charge in [-0.1, -0.05) is 30.3 Å². The molecular weight excluding hydrogens is 268 g/mol. The van der Waals surface area contributed by atoms with Crippen molar-refractivity contribution in [2.45, 2.75) is 13.0 Å².